The first-order valence-corrected chi connectivity index (χ1v) is 7.92. The second-order valence-corrected chi connectivity index (χ2v) is 6.23. The van der Waals surface area contributed by atoms with Crippen LogP contribution in [0.4, 0.5) is 0 Å². The number of H-pyrrole nitrogens is 1. The van der Waals surface area contributed by atoms with Gasteiger partial charge in [0.15, 0.2) is 0 Å². The number of hydrogen-bond acceptors (Lipinski definition) is 2. The van der Waals surface area contributed by atoms with E-state index in [2.05, 4.69) is 40.2 Å². The molecule has 0 saturated heterocycles. The van der Waals surface area contributed by atoms with Crippen LogP contribution in [0.25, 0.3) is 16.8 Å². The van der Waals surface area contributed by atoms with Crippen molar-refractivity contribution in [1.82, 2.24) is 15.1 Å². The van der Waals surface area contributed by atoms with E-state index < -0.39 is 0 Å². The second kappa shape index (κ2) is 6.07. The van der Waals surface area contributed by atoms with Crippen LogP contribution < -0.4 is 0 Å². The summed E-state index contributed by atoms with van der Waals surface area (Å²) in [6.45, 7) is 5.50. The average molecular weight is 336 g/mol. The lowest BCUT2D eigenvalue weighted by Crippen LogP contribution is -2.29. The topological polar surface area (TPSA) is 31.9 Å². The van der Waals surface area contributed by atoms with Gasteiger partial charge in [-0.15, -0.1) is 12.4 Å². The molecule has 1 aromatic heterocycles. The quantitative estimate of drug-likeness (QED) is 0.762. The van der Waals surface area contributed by atoms with E-state index in [0.717, 1.165) is 43.2 Å². The van der Waals surface area contributed by atoms with Crippen LogP contribution in [0.3, 0.4) is 0 Å². The number of aromatic nitrogens is 2. The lowest BCUT2D eigenvalue weighted by atomic mass is 10.0. The van der Waals surface area contributed by atoms with Crippen molar-refractivity contribution in [2.45, 2.75) is 19.8 Å². The molecule has 2 aromatic rings. The Morgan fingerprint density at radius 2 is 2.23 bits per heavy atom. The molecular weight excluding hydrogens is 317 g/mol. The van der Waals surface area contributed by atoms with Gasteiger partial charge in [-0.1, -0.05) is 30.7 Å². The van der Waals surface area contributed by atoms with E-state index >= 15 is 0 Å². The van der Waals surface area contributed by atoms with Gasteiger partial charge in [0.05, 0.1) is 11.4 Å². The molecular formula is C17H19Cl2N3. The van der Waals surface area contributed by atoms with Crippen molar-refractivity contribution < 1.29 is 0 Å². The Labute approximate surface area is 141 Å². The van der Waals surface area contributed by atoms with Gasteiger partial charge >= 0.3 is 0 Å². The third-order valence-electron chi connectivity index (χ3n) is 4.56. The van der Waals surface area contributed by atoms with Gasteiger partial charge in [-0.05, 0) is 36.2 Å². The molecule has 22 heavy (non-hydrogen) atoms. The second-order valence-electron chi connectivity index (χ2n) is 5.79. The molecule has 0 fully saturated rings. The summed E-state index contributed by atoms with van der Waals surface area (Å²) in [7, 11) is 0. The summed E-state index contributed by atoms with van der Waals surface area (Å²) in [5, 5.41) is 8.64. The van der Waals surface area contributed by atoms with Crippen LogP contribution in [0.15, 0.2) is 24.3 Å². The first kappa shape index (κ1) is 15.6. The van der Waals surface area contributed by atoms with E-state index in [0.29, 0.717) is 0 Å². The van der Waals surface area contributed by atoms with Crippen LogP contribution in [0, 0.1) is 0 Å². The third kappa shape index (κ3) is 2.47. The summed E-state index contributed by atoms with van der Waals surface area (Å²) < 4.78 is 0. The monoisotopic (exact) mass is 335 g/mol. The molecule has 2 heterocycles. The van der Waals surface area contributed by atoms with Crippen LogP contribution in [0.5, 0.6) is 0 Å². The predicted octanol–water partition coefficient (Wildman–Crippen LogP) is 4.17. The Morgan fingerprint density at radius 3 is 3.05 bits per heavy atom. The fraction of sp³-hybridized carbons (Fsp3) is 0.353. The largest absolute Gasteiger partial charge is 0.299 e. The number of fused-ring (bicyclic) bond motifs is 3. The number of rotatable bonds is 2. The van der Waals surface area contributed by atoms with Crippen LogP contribution in [0.1, 0.15) is 30.2 Å². The zero-order valence-electron chi connectivity index (χ0n) is 12.5. The van der Waals surface area contributed by atoms with Crippen molar-refractivity contribution in [2.75, 3.05) is 19.6 Å². The maximum Gasteiger partial charge on any atom is 0.0965 e. The molecule has 116 valence electrons. The van der Waals surface area contributed by atoms with E-state index in [4.69, 9.17) is 11.6 Å². The number of nitrogens with one attached hydrogen (secondary N) is 1. The Kier molecular flexibility index (Phi) is 4.31. The predicted molar refractivity (Wildman–Crippen MR) is 93.8 cm³/mol. The molecule has 3 nitrogen and oxygen atoms in total. The summed E-state index contributed by atoms with van der Waals surface area (Å²) in [6.07, 6.45) is 4.41. The summed E-state index contributed by atoms with van der Waals surface area (Å²) in [5.41, 5.74) is 7.55. The molecule has 0 spiro atoms. The maximum absolute atomic E-state index is 6.11. The first-order valence-electron chi connectivity index (χ1n) is 7.54. The molecule has 2 aliphatic rings. The number of likely N-dealkylation sites (N-methyl/N-ethyl adjacent to an activating group) is 1. The number of aromatic amines is 1. The van der Waals surface area contributed by atoms with Crippen LogP contribution in [0.2, 0.25) is 5.02 Å². The van der Waals surface area contributed by atoms with Crippen molar-refractivity contribution in [3.63, 3.8) is 0 Å². The van der Waals surface area contributed by atoms with Crippen molar-refractivity contribution in [2.24, 2.45) is 0 Å². The molecule has 0 atom stereocenters. The highest BCUT2D eigenvalue weighted by molar-refractivity contribution is 6.30. The van der Waals surface area contributed by atoms with Gasteiger partial charge in [0.25, 0.3) is 0 Å². The highest BCUT2D eigenvalue weighted by Gasteiger charge is 2.27. The Hall–Kier alpha value is -1.29. The normalized spacial score (nSPS) is 16.7. The fourth-order valence-corrected chi connectivity index (χ4v) is 3.61. The Balaban J connectivity index is 0.00000144. The van der Waals surface area contributed by atoms with Gasteiger partial charge in [0.2, 0.25) is 0 Å². The first-order chi connectivity index (χ1) is 10.3. The van der Waals surface area contributed by atoms with E-state index in [-0.39, 0.29) is 12.4 Å². The van der Waals surface area contributed by atoms with Crippen molar-refractivity contribution >= 4 is 29.6 Å². The molecule has 0 unspecified atom stereocenters. The third-order valence-corrected chi connectivity index (χ3v) is 4.79. The number of nitrogens with zero attached hydrogens (tertiary/aromatic N) is 2. The lowest BCUT2D eigenvalue weighted by molar-refractivity contribution is 0.321. The molecule has 1 aromatic carbocycles. The molecule has 0 radical (unpaired) electrons. The van der Waals surface area contributed by atoms with Gasteiger partial charge in [0, 0.05) is 35.7 Å². The summed E-state index contributed by atoms with van der Waals surface area (Å²) >= 11 is 6.11. The summed E-state index contributed by atoms with van der Waals surface area (Å²) in [6, 6.07) is 6.10. The zero-order valence-corrected chi connectivity index (χ0v) is 14.1. The molecule has 0 bridgehead atoms. The van der Waals surface area contributed by atoms with Crippen LogP contribution in [-0.4, -0.2) is 34.7 Å². The summed E-state index contributed by atoms with van der Waals surface area (Å²) in [5.74, 6) is 0. The number of hydrogen-bond donors (Lipinski definition) is 1. The zero-order chi connectivity index (χ0) is 14.4. The van der Waals surface area contributed by atoms with Gasteiger partial charge in [-0.3, -0.25) is 10.00 Å². The minimum atomic E-state index is 0. The van der Waals surface area contributed by atoms with E-state index in [1.165, 1.54) is 28.0 Å². The van der Waals surface area contributed by atoms with Crippen LogP contribution >= 0.6 is 24.0 Å². The van der Waals surface area contributed by atoms with Gasteiger partial charge in [-0.25, -0.2) is 0 Å². The molecule has 0 saturated carbocycles. The van der Waals surface area contributed by atoms with E-state index in [1.54, 1.807) is 0 Å². The average Bonchev–Trinajstić information content (AvgIpc) is 3.05. The molecule has 4 rings (SSSR count). The Bertz CT molecular complexity index is 734. The smallest absolute Gasteiger partial charge is 0.0965 e. The number of benzene rings is 1. The fourth-order valence-electron chi connectivity index (χ4n) is 3.41. The van der Waals surface area contributed by atoms with Crippen LogP contribution in [-0.2, 0) is 6.42 Å². The van der Waals surface area contributed by atoms with E-state index in [9.17, 15) is 0 Å². The summed E-state index contributed by atoms with van der Waals surface area (Å²) in [4.78, 5) is 2.47. The van der Waals surface area contributed by atoms with Gasteiger partial charge in [0.1, 0.15) is 0 Å². The van der Waals surface area contributed by atoms with Crippen molar-refractivity contribution in [1.29, 1.82) is 0 Å². The lowest BCUT2D eigenvalue weighted by Gasteiger charge is -2.25. The highest BCUT2D eigenvalue weighted by atomic mass is 35.5. The van der Waals surface area contributed by atoms with Crippen molar-refractivity contribution in [3.05, 3.63) is 46.1 Å². The highest BCUT2D eigenvalue weighted by Crippen LogP contribution is 2.40. The number of halogens is 2. The van der Waals surface area contributed by atoms with Gasteiger partial charge in [-0.2, -0.15) is 5.10 Å². The molecule has 5 heteroatoms. The minimum absolute atomic E-state index is 0. The molecule has 1 aliphatic heterocycles. The molecule has 0 amide bonds. The standard InChI is InChI=1S/C17H18ClN3.ClH/c1-2-21-7-3-4-11(10-21)16-15-9-12-8-13(18)5-6-14(12)17(15)20-19-16;/h4-6,8H,2-3,7,9-10H2,1H3,(H,19,20);1H. The maximum atomic E-state index is 6.11. The van der Waals surface area contributed by atoms with Gasteiger partial charge < -0.3 is 0 Å². The van der Waals surface area contributed by atoms with E-state index in [1.807, 2.05) is 6.07 Å². The molecule has 1 N–H and O–H groups in total. The molecule has 1 aliphatic carbocycles. The minimum Gasteiger partial charge on any atom is -0.299 e. The SMILES string of the molecule is CCN1CCC=C(c2[nH]nc3c2Cc2cc(Cl)ccc2-3)C1.Cl. The Morgan fingerprint density at radius 1 is 1.36 bits per heavy atom. The van der Waals surface area contributed by atoms with Crippen molar-refractivity contribution in [3.8, 4) is 11.3 Å².